The van der Waals surface area contributed by atoms with E-state index in [0.717, 1.165) is 24.2 Å². The highest BCUT2D eigenvalue weighted by molar-refractivity contribution is 5.84. The van der Waals surface area contributed by atoms with E-state index < -0.39 is 0 Å². The van der Waals surface area contributed by atoms with Crippen LogP contribution in [-0.2, 0) is 19.4 Å². The van der Waals surface area contributed by atoms with Gasteiger partial charge in [0.1, 0.15) is 23.7 Å². The van der Waals surface area contributed by atoms with Crippen molar-refractivity contribution in [1.29, 1.82) is 0 Å². The van der Waals surface area contributed by atoms with Gasteiger partial charge in [0, 0.05) is 17.4 Å². The maximum absolute atomic E-state index is 5.95. The van der Waals surface area contributed by atoms with E-state index in [-0.39, 0.29) is 0 Å². The Hall–Kier alpha value is -2.22. The van der Waals surface area contributed by atoms with Crippen molar-refractivity contribution in [3.8, 4) is 5.75 Å². The zero-order valence-corrected chi connectivity index (χ0v) is 12.0. The van der Waals surface area contributed by atoms with Gasteiger partial charge in [-0.25, -0.2) is 0 Å². The first-order chi connectivity index (χ1) is 10.4. The summed E-state index contributed by atoms with van der Waals surface area (Å²) in [5, 5.41) is 1.23. The normalized spacial score (nSPS) is 14.1. The third-order valence-electron chi connectivity index (χ3n) is 4.17. The summed E-state index contributed by atoms with van der Waals surface area (Å²) in [6, 6.07) is 16.4. The Labute approximate surface area is 124 Å². The average molecular weight is 278 g/mol. The van der Waals surface area contributed by atoms with Gasteiger partial charge < -0.3 is 9.15 Å². The van der Waals surface area contributed by atoms with Crippen LogP contribution < -0.4 is 4.74 Å². The van der Waals surface area contributed by atoms with Gasteiger partial charge in [0.25, 0.3) is 0 Å². The fourth-order valence-electron chi connectivity index (χ4n) is 3.07. The summed E-state index contributed by atoms with van der Waals surface area (Å²) in [5.74, 6) is 2.09. The van der Waals surface area contributed by atoms with Crippen LogP contribution in [0.5, 0.6) is 5.75 Å². The number of fused-ring (bicyclic) bond motifs is 3. The molecule has 3 aromatic rings. The standard InChI is InChI=1S/C19H18O2/c1-2-6-14(7-3-1)13-20-15-10-11-19-17(12-15)16-8-4-5-9-18(16)21-19/h1-3,6-7,10-12H,4-5,8-9,13H2. The Morgan fingerprint density at radius 2 is 1.81 bits per heavy atom. The van der Waals surface area contributed by atoms with E-state index in [9.17, 15) is 0 Å². The van der Waals surface area contributed by atoms with Crippen molar-refractivity contribution in [2.24, 2.45) is 0 Å². The highest BCUT2D eigenvalue weighted by Crippen LogP contribution is 2.34. The first-order valence-electron chi connectivity index (χ1n) is 7.61. The van der Waals surface area contributed by atoms with Crippen LogP contribution in [0.15, 0.2) is 52.9 Å². The van der Waals surface area contributed by atoms with E-state index in [4.69, 9.17) is 9.15 Å². The van der Waals surface area contributed by atoms with Crippen LogP contribution in [0.4, 0.5) is 0 Å². The number of benzene rings is 2. The molecule has 0 saturated heterocycles. The van der Waals surface area contributed by atoms with Gasteiger partial charge in [-0.15, -0.1) is 0 Å². The molecule has 0 unspecified atom stereocenters. The molecule has 0 saturated carbocycles. The molecule has 106 valence electrons. The summed E-state index contributed by atoms with van der Waals surface area (Å²) in [7, 11) is 0. The minimum absolute atomic E-state index is 0.604. The van der Waals surface area contributed by atoms with Crippen molar-refractivity contribution in [3.63, 3.8) is 0 Å². The Kier molecular flexibility index (Phi) is 3.15. The van der Waals surface area contributed by atoms with Gasteiger partial charge in [-0.1, -0.05) is 30.3 Å². The van der Waals surface area contributed by atoms with Crippen molar-refractivity contribution >= 4 is 11.0 Å². The second kappa shape index (κ2) is 5.28. The minimum atomic E-state index is 0.604. The maximum atomic E-state index is 5.95. The molecule has 0 N–H and O–H groups in total. The number of ether oxygens (including phenoxy) is 1. The van der Waals surface area contributed by atoms with Crippen molar-refractivity contribution in [2.75, 3.05) is 0 Å². The van der Waals surface area contributed by atoms with Gasteiger partial charge in [0.2, 0.25) is 0 Å². The van der Waals surface area contributed by atoms with Crippen LogP contribution in [0.1, 0.15) is 29.7 Å². The number of furan rings is 1. The van der Waals surface area contributed by atoms with Crippen molar-refractivity contribution in [1.82, 2.24) is 0 Å². The van der Waals surface area contributed by atoms with Gasteiger partial charge in [-0.2, -0.15) is 0 Å². The first-order valence-corrected chi connectivity index (χ1v) is 7.61. The van der Waals surface area contributed by atoms with E-state index in [1.807, 2.05) is 30.3 Å². The van der Waals surface area contributed by atoms with E-state index in [1.165, 1.54) is 35.1 Å². The smallest absolute Gasteiger partial charge is 0.134 e. The Morgan fingerprint density at radius 3 is 2.71 bits per heavy atom. The predicted molar refractivity (Wildman–Crippen MR) is 83.6 cm³/mol. The van der Waals surface area contributed by atoms with Crippen molar-refractivity contribution < 1.29 is 9.15 Å². The van der Waals surface area contributed by atoms with Crippen LogP contribution in [-0.4, -0.2) is 0 Å². The molecule has 0 atom stereocenters. The molecule has 0 bridgehead atoms. The number of hydrogen-bond donors (Lipinski definition) is 0. The zero-order valence-electron chi connectivity index (χ0n) is 12.0. The molecular formula is C19H18O2. The Bertz CT molecular complexity index is 756. The lowest BCUT2D eigenvalue weighted by molar-refractivity contribution is 0.306. The molecule has 0 radical (unpaired) electrons. The highest BCUT2D eigenvalue weighted by Gasteiger charge is 2.17. The summed E-state index contributed by atoms with van der Waals surface area (Å²) in [5.41, 5.74) is 3.57. The zero-order chi connectivity index (χ0) is 14.1. The summed E-state index contributed by atoms with van der Waals surface area (Å²) in [6.07, 6.45) is 4.70. The lowest BCUT2D eigenvalue weighted by Crippen LogP contribution is -1.98. The molecule has 1 aliphatic carbocycles. The van der Waals surface area contributed by atoms with Gasteiger partial charge in [-0.3, -0.25) is 0 Å². The van der Waals surface area contributed by atoms with E-state index in [0.29, 0.717) is 6.61 Å². The Morgan fingerprint density at radius 1 is 0.952 bits per heavy atom. The van der Waals surface area contributed by atoms with Gasteiger partial charge in [0.05, 0.1) is 0 Å². The molecule has 2 nitrogen and oxygen atoms in total. The average Bonchev–Trinajstić information content (AvgIpc) is 2.92. The third kappa shape index (κ3) is 2.42. The third-order valence-corrected chi connectivity index (χ3v) is 4.17. The fourth-order valence-corrected chi connectivity index (χ4v) is 3.07. The fraction of sp³-hybridized carbons (Fsp3) is 0.263. The van der Waals surface area contributed by atoms with Crippen LogP contribution in [0.3, 0.4) is 0 Å². The van der Waals surface area contributed by atoms with Crippen LogP contribution in [0.2, 0.25) is 0 Å². The highest BCUT2D eigenvalue weighted by atomic mass is 16.5. The molecule has 0 fully saturated rings. The number of aryl methyl sites for hydroxylation is 2. The molecule has 1 aliphatic rings. The van der Waals surface area contributed by atoms with Crippen LogP contribution in [0.25, 0.3) is 11.0 Å². The SMILES string of the molecule is c1ccc(COc2ccc3oc4c(c3c2)CCCC4)cc1. The molecule has 1 aromatic heterocycles. The molecule has 0 aliphatic heterocycles. The second-order valence-electron chi connectivity index (χ2n) is 5.64. The minimum Gasteiger partial charge on any atom is -0.489 e. The maximum Gasteiger partial charge on any atom is 0.134 e. The van der Waals surface area contributed by atoms with Crippen LogP contribution in [0, 0.1) is 0 Å². The van der Waals surface area contributed by atoms with Crippen molar-refractivity contribution in [3.05, 3.63) is 65.4 Å². The predicted octanol–water partition coefficient (Wildman–Crippen LogP) is 4.89. The summed E-state index contributed by atoms with van der Waals surface area (Å²) in [4.78, 5) is 0. The van der Waals surface area contributed by atoms with Crippen molar-refractivity contribution in [2.45, 2.75) is 32.3 Å². The number of hydrogen-bond acceptors (Lipinski definition) is 2. The van der Waals surface area contributed by atoms with Crippen LogP contribution >= 0.6 is 0 Å². The molecular weight excluding hydrogens is 260 g/mol. The first kappa shape index (κ1) is 12.5. The molecule has 0 spiro atoms. The molecule has 1 heterocycles. The molecule has 0 amide bonds. The lowest BCUT2D eigenvalue weighted by atomic mass is 9.96. The molecule has 2 aromatic carbocycles. The topological polar surface area (TPSA) is 22.4 Å². The van der Waals surface area contributed by atoms with E-state index in [2.05, 4.69) is 18.2 Å². The second-order valence-corrected chi connectivity index (χ2v) is 5.64. The lowest BCUT2D eigenvalue weighted by Gasteiger charge is -2.09. The quantitative estimate of drug-likeness (QED) is 0.680. The summed E-state index contributed by atoms with van der Waals surface area (Å²) in [6.45, 7) is 0.604. The summed E-state index contributed by atoms with van der Waals surface area (Å²) < 4.78 is 11.9. The summed E-state index contributed by atoms with van der Waals surface area (Å²) >= 11 is 0. The molecule has 4 rings (SSSR count). The van der Waals surface area contributed by atoms with Gasteiger partial charge >= 0.3 is 0 Å². The molecule has 21 heavy (non-hydrogen) atoms. The monoisotopic (exact) mass is 278 g/mol. The van der Waals surface area contributed by atoms with E-state index >= 15 is 0 Å². The largest absolute Gasteiger partial charge is 0.489 e. The molecule has 2 heteroatoms. The van der Waals surface area contributed by atoms with Gasteiger partial charge in [-0.05, 0) is 43.0 Å². The Balaban J connectivity index is 1.61. The van der Waals surface area contributed by atoms with Gasteiger partial charge in [0.15, 0.2) is 0 Å². The number of rotatable bonds is 3. The van der Waals surface area contributed by atoms with E-state index in [1.54, 1.807) is 0 Å².